The normalized spacial score (nSPS) is 21.7. The minimum absolute atomic E-state index is 0.233. The lowest BCUT2D eigenvalue weighted by Crippen LogP contribution is -2.45. The highest BCUT2D eigenvalue weighted by Gasteiger charge is 2.19. The van der Waals surface area contributed by atoms with Crippen molar-refractivity contribution >= 4 is 5.91 Å². The van der Waals surface area contributed by atoms with Gasteiger partial charge in [0.05, 0.1) is 6.54 Å². The first kappa shape index (κ1) is 7.46. The van der Waals surface area contributed by atoms with E-state index in [1.807, 2.05) is 0 Å². The Labute approximate surface area is 59.5 Å². The fourth-order valence-electron chi connectivity index (χ4n) is 1.03. The average Bonchev–Trinajstić information content (AvgIpc) is 2.15. The van der Waals surface area contributed by atoms with Gasteiger partial charge in [-0.1, -0.05) is 0 Å². The Balaban J connectivity index is 2.33. The third-order valence-electron chi connectivity index (χ3n) is 1.51. The smallest absolute Gasteiger partial charge is 0.233 e. The van der Waals surface area contributed by atoms with E-state index in [0.29, 0.717) is 0 Å². The molecule has 1 saturated heterocycles. The zero-order chi connectivity index (χ0) is 7.56. The molecule has 4 N–H and O–H groups in total. The fourth-order valence-corrected chi connectivity index (χ4v) is 1.03. The molecule has 5 nitrogen and oxygen atoms in total. The van der Waals surface area contributed by atoms with Crippen molar-refractivity contribution in [3.8, 4) is 0 Å². The monoisotopic (exact) mass is 144 g/mol. The number of primary amides is 1. The molecular weight excluding hydrogens is 132 g/mol. The molecule has 5 heteroatoms. The molecule has 0 saturated carbocycles. The predicted molar refractivity (Wildman–Crippen MR) is 36.3 cm³/mol. The second-order valence-electron chi connectivity index (χ2n) is 2.37. The zero-order valence-electron chi connectivity index (χ0n) is 5.79. The molecule has 0 aromatic heterocycles. The van der Waals surface area contributed by atoms with Crippen LogP contribution in [-0.4, -0.2) is 35.7 Å². The van der Waals surface area contributed by atoms with Crippen molar-refractivity contribution in [2.75, 3.05) is 19.6 Å². The van der Waals surface area contributed by atoms with E-state index < -0.39 is 0 Å². The summed E-state index contributed by atoms with van der Waals surface area (Å²) in [7, 11) is 0. The first-order valence-electron chi connectivity index (χ1n) is 3.25. The van der Waals surface area contributed by atoms with E-state index in [0.717, 1.165) is 19.5 Å². The van der Waals surface area contributed by atoms with Gasteiger partial charge in [-0.05, 0) is 6.42 Å². The quantitative estimate of drug-likeness (QED) is 0.451. The highest BCUT2D eigenvalue weighted by atomic mass is 16.1. The number of nitrogens with two attached hydrogens (primary N) is 2. The summed E-state index contributed by atoms with van der Waals surface area (Å²) in [6, 6.07) is 0. The third kappa shape index (κ3) is 1.66. The molecule has 0 atom stereocenters. The van der Waals surface area contributed by atoms with Gasteiger partial charge in [-0.15, -0.1) is 0 Å². The maximum atomic E-state index is 10.4. The minimum Gasteiger partial charge on any atom is -0.369 e. The van der Waals surface area contributed by atoms with Crippen LogP contribution in [0.5, 0.6) is 0 Å². The van der Waals surface area contributed by atoms with Gasteiger partial charge in [-0.3, -0.25) is 10.6 Å². The number of hydrogen-bond donors (Lipinski definition) is 2. The van der Waals surface area contributed by atoms with Crippen LogP contribution >= 0.6 is 0 Å². The van der Waals surface area contributed by atoms with E-state index in [9.17, 15) is 4.79 Å². The van der Waals surface area contributed by atoms with Gasteiger partial charge in [0.1, 0.15) is 0 Å². The molecule has 0 aromatic rings. The Kier molecular flexibility index (Phi) is 2.21. The van der Waals surface area contributed by atoms with Crippen molar-refractivity contribution in [2.45, 2.75) is 6.42 Å². The van der Waals surface area contributed by atoms with Gasteiger partial charge in [0.15, 0.2) is 0 Å². The number of hydrazine groups is 2. The molecule has 0 unspecified atom stereocenters. The lowest BCUT2D eigenvalue weighted by Gasteiger charge is -2.20. The summed E-state index contributed by atoms with van der Waals surface area (Å²) < 4.78 is 0. The summed E-state index contributed by atoms with van der Waals surface area (Å²) >= 11 is 0. The molecule has 58 valence electrons. The van der Waals surface area contributed by atoms with Crippen LogP contribution in [0.4, 0.5) is 0 Å². The topological polar surface area (TPSA) is 75.6 Å². The number of nitrogens with zero attached hydrogens (tertiary/aromatic N) is 2. The Hall–Kier alpha value is -0.650. The van der Waals surface area contributed by atoms with Crippen LogP contribution in [0, 0.1) is 0 Å². The second-order valence-corrected chi connectivity index (χ2v) is 2.37. The van der Waals surface area contributed by atoms with E-state index in [-0.39, 0.29) is 12.5 Å². The molecule has 0 spiro atoms. The van der Waals surface area contributed by atoms with Gasteiger partial charge in [-0.2, -0.15) is 5.12 Å². The summed E-state index contributed by atoms with van der Waals surface area (Å²) in [5, 5.41) is 3.27. The summed E-state index contributed by atoms with van der Waals surface area (Å²) in [5.74, 6) is 5.14. The van der Waals surface area contributed by atoms with Crippen LogP contribution in [-0.2, 0) is 4.79 Å². The molecule has 10 heavy (non-hydrogen) atoms. The van der Waals surface area contributed by atoms with Crippen molar-refractivity contribution in [3.05, 3.63) is 0 Å². The Bertz CT molecular complexity index is 138. The molecule has 1 heterocycles. The van der Waals surface area contributed by atoms with Crippen molar-refractivity contribution in [2.24, 2.45) is 11.6 Å². The van der Waals surface area contributed by atoms with Crippen molar-refractivity contribution in [1.29, 1.82) is 0 Å². The fraction of sp³-hybridized carbons (Fsp3) is 0.800. The van der Waals surface area contributed by atoms with Gasteiger partial charge < -0.3 is 5.73 Å². The van der Waals surface area contributed by atoms with Crippen molar-refractivity contribution < 1.29 is 4.79 Å². The van der Waals surface area contributed by atoms with E-state index in [1.165, 1.54) is 5.12 Å². The first-order chi connectivity index (χ1) is 4.70. The Morgan fingerprint density at radius 2 is 2.20 bits per heavy atom. The molecule has 0 aliphatic carbocycles. The van der Waals surface area contributed by atoms with Gasteiger partial charge in [-0.25, -0.2) is 5.01 Å². The second kappa shape index (κ2) is 2.96. The average molecular weight is 144 g/mol. The Morgan fingerprint density at radius 1 is 1.50 bits per heavy atom. The summed E-state index contributed by atoms with van der Waals surface area (Å²) in [6.07, 6.45) is 1.00. The largest absolute Gasteiger partial charge is 0.369 e. The van der Waals surface area contributed by atoms with E-state index in [2.05, 4.69) is 0 Å². The van der Waals surface area contributed by atoms with Gasteiger partial charge >= 0.3 is 0 Å². The standard InChI is InChI=1S/C5H12N4O/c6-5(10)4-8-2-1-3-9(8)7/h1-4,7H2,(H2,6,10). The molecule has 1 aliphatic rings. The summed E-state index contributed by atoms with van der Waals surface area (Å²) in [6.45, 7) is 1.88. The van der Waals surface area contributed by atoms with Crippen LogP contribution in [0.1, 0.15) is 6.42 Å². The lowest BCUT2D eigenvalue weighted by molar-refractivity contribution is -0.122. The van der Waals surface area contributed by atoms with Crippen LogP contribution in [0.15, 0.2) is 0 Å². The van der Waals surface area contributed by atoms with Crippen molar-refractivity contribution in [1.82, 2.24) is 10.1 Å². The van der Waals surface area contributed by atoms with E-state index in [4.69, 9.17) is 11.6 Å². The molecular formula is C5H12N4O. The van der Waals surface area contributed by atoms with Crippen LogP contribution in [0.25, 0.3) is 0 Å². The number of amides is 1. The predicted octanol–water partition coefficient (Wildman–Crippen LogP) is -1.73. The van der Waals surface area contributed by atoms with Gasteiger partial charge in [0, 0.05) is 13.1 Å². The number of carbonyl (C=O) groups excluding carboxylic acids is 1. The lowest BCUT2D eigenvalue weighted by atomic mass is 10.4. The number of hydrogen-bond acceptors (Lipinski definition) is 4. The summed E-state index contributed by atoms with van der Waals surface area (Å²) in [4.78, 5) is 10.4. The molecule has 1 amide bonds. The Morgan fingerprint density at radius 3 is 2.60 bits per heavy atom. The SMILES string of the molecule is NC(=O)CN1CCCN1N. The maximum absolute atomic E-state index is 10.4. The number of rotatable bonds is 2. The maximum Gasteiger partial charge on any atom is 0.233 e. The highest BCUT2D eigenvalue weighted by Crippen LogP contribution is 2.02. The summed E-state index contributed by atoms with van der Waals surface area (Å²) in [5.41, 5.74) is 4.97. The molecule has 0 radical (unpaired) electrons. The minimum atomic E-state index is -0.336. The molecule has 0 bridgehead atoms. The van der Waals surface area contributed by atoms with E-state index >= 15 is 0 Å². The molecule has 0 aromatic carbocycles. The molecule has 1 aliphatic heterocycles. The molecule has 1 rings (SSSR count). The van der Waals surface area contributed by atoms with Crippen LogP contribution in [0.3, 0.4) is 0 Å². The third-order valence-corrected chi connectivity index (χ3v) is 1.51. The van der Waals surface area contributed by atoms with Crippen LogP contribution < -0.4 is 11.6 Å². The van der Waals surface area contributed by atoms with Crippen molar-refractivity contribution in [3.63, 3.8) is 0 Å². The first-order valence-corrected chi connectivity index (χ1v) is 3.25. The van der Waals surface area contributed by atoms with Gasteiger partial charge in [0.25, 0.3) is 0 Å². The highest BCUT2D eigenvalue weighted by molar-refractivity contribution is 5.75. The van der Waals surface area contributed by atoms with E-state index in [1.54, 1.807) is 5.01 Å². The van der Waals surface area contributed by atoms with Crippen LogP contribution in [0.2, 0.25) is 0 Å². The van der Waals surface area contributed by atoms with Gasteiger partial charge in [0.2, 0.25) is 5.91 Å². The number of carbonyl (C=O) groups is 1. The molecule has 1 fully saturated rings. The zero-order valence-corrected chi connectivity index (χ0v) is 5.79.